The Bertz CT molecular complexity index is 133. The summed E-state index contributed by atoms with van der Waals surface area (Å²) in [5, 5.41) is 9.21. The number of aliphatic hydroxyl groups is 1. The second kappa shape index (κ2) is 5.47. The largest absolute Gasteiger partial charge is 0.393 e. The molecule has 0 aliphatic carbocycles. The van der Waals surface area contributed by atoms with Crippen molar-refractivity contribution < 1.29 is 18.3 Å². The predicted molar refractivity (Wildman–Crippen MR) is 45.4 cm³/mol. The molecule has 4 heteroatoms. The van der Waals surface area contributed by atoms with E-state index in [1.165, 1.54) is 0 Å². The highest BCUT2D eigenvalue weighted by atomic mass is 19.4. The third-order valence-electron chi connectivity index (χ3n) is 2.13. The Morgan fingerprint density at radius 1 is 1.31 bits per heavy atom. The molecule has 0 fully saturated rings. The Kier molecular flexibility index (Phi) is 5.37. The molecular weight excluding hydrogens is 181 g/mol. The highest BCUT2D eigenvalue weighted by Gasteiger charge is 2.27. The van der Waals surface area contributed by atoms with Gasteiger partial charge in [-0.2, -0.15) is 13.2 Å². The molecule has 0 amide bonds. The number of halogens is 3. The van der Waals surface area contributed by atoms with Gasteiger partial charge in [0.05, 0.1) is 6.10 Å². The van der Waals surface area contributed by atoms with Crippen LogP contribution in [0.15, 0.2) is 0 Å². The predicted octanol–water partition coefficient (Wildman–Crippen LogP) is 3.13. The van der Waals surface area contributed by atoms with Gasteiger partial charge in [-0.25, -0.2) is 0 Å². The standard InChI is InChI=1S/C9H17F3O/c1-3-7(2)6-8(13)4-5-9(10,11)12/h7-8,13H,3-6H2,1-2H3. The van der Waals surface area contributed by atoms with Crippen LogP contribution in [0, 0.1) is 5.92 Å². The number of hydrogen-bond acceptors (Lipinski definition) is 1. The number of hydrogen-bond donors (Lipinski definition) is 1. The average molecular weight is 198 g/mol. The lowest BCUT2D eigenvalue weighted by atomic mass is 9.98. The summed E-state index contributed by atoms with van der Waals surface area (Å²) in [5.74, 6) is 0.295. The summed E-state index contributed by atoms with van der Waals surface area (Å²) < 4.78 is 35.2. The fraction of sp³-hybridized carbons (Fsp3) is 1.00. The molecule has 0 aliphatic rings. The second-order valence-corrected chi connectivity index (χ2v) is 3.56. The molecular formula is C9H17F3O. The van der Waals surface area contributed by atoms with Crippen LogP contribution in [0.5, 0.6) is 0 Å². The van der Waals surface area contributed by atoms with Gasteiger partial charge in [0.2, 0.25) is 0 Å². The maximum Gasteiger partial charge on any atom is 0.389 e. The summed E-state index contributed by atoms with van der Waals surface area (Å²) >= 11 is 0. The fourth-order valence-electron chi connectivity index (χ4n) is 1.08. The molecule has 0 aliphatic heterocycles. The molecule has 0 aromatic rings. The van der Waals surface area contributed by atoms with Crippen molar-refractivity contribution in [1.29, 1.82) is 0 Å². The van der Waals surface area contributed by atoms with Crippen molar-refractivity contribution in [1.82, 2.24) is 0 Å². The van der Waals surface area contributed by atoms with Gasteiger partial charge in [-0.1, -0.05) is 20.3 Å². The molecule has 0 saturated heterocycles. The van der Waals surface area contributed by atoms with Crippen LogP contribution in [0.25, 0.3) is 0 Å². The molecule has 0 saturated carbocycles. The van der Waals surface area contributed by atoms with E-state index in [1.54, 1.807) is 0 Å². The van der Waals surface area contributed by atoms with E-state index in [9.17, 15) is 18.3 Å². The molecule has 2 atom stereocenters. The first kappa shape index (κ1) is 12.8. The van der Waals surface area contributed by atoms with E-state index in [-0.39, 0.29) is 6.42 Å². The van der Waals surface area contributed by atoms with Crippen molar-refractivity contribution in [3.8, 4) is 0 Å². The van der Waals surface area contributed by atoms with Gasteiger partial charge in [-0.15, -0.1) is 0 Å². The molecule has 0 heterocycles. The highest BCUT2D eigenvalue weighted by molar-refractivity contribution is 4.63. The third kappa shape index (κ3) is 8.09. The Morgan fingerprint density at radius 3 is 2.23 bits per heavy atom. The van der Waals surface area contributed by atoms with Crippen LogP contribution in [0.4, 0.5) is 13.2 Å². The first-order valence-electron chi connectivity index (χ1n) is 4.60. The van der Waals surface area contributed by atoms with Crippen molar-refractivity contribution >= 4 is 0 Å². The first-order chi connectivity index (χ1) is 5.85. The van der Waals surface area contributed by atoms with Crippen molar-refractivity contribution in [3.63, 3.8) is 0 Å². The van der Waals surface area contributed by atoms with Crippen molar-refractivity contribution in [2.75, 3.05) is 0 Å². The van der Waals surface area contributed by atoms with Gasteiger partial charge in [0.1, 0.15) is 0 Å². The Hall–Kier alpha value is -0.250. The van der Waals surface area contributed by atoms with E-state index in [4.69, 9.17) is 0 Å². The van der Waals surface area contributed by atoms with Crippen LogP contribution in [0.3, 0.4) is 0 Å². The Morgan fingerprint density at radius 2 is 1.85 bits per heavy atom. The van der Waals surface area contributed by atoms with Gasteiger partial charge >= 0.3 is 6.18 Å². The topological polar surface area (TPSA) is 20.2 Å². The molecule has 80 valence electrons. The van der Waals surface area contributed by atoms with E-state index in [1.807, 2.05) is 13.8 Å². The lowest BCUT2D eigenvalue weighted by Crippen LogP contribution is -2.16. The fourth-order valence-corrected chi connectivity index (χ4v) is 1.08. The molecule has 1 N–H and O–H groups in total. The molecule has 0 radical (unpaired) electrons. The molecule has 0 bridgehead atoms. The molecule has 2 unspecified atom stereocenters. The number of aliphatic hydroxyl groups excluding tert-OH is 1. The summed E-state index contributed by atoms with van der Waals surface area (Å²) in [7, 11) is 0. The summed E-state index contributed by atoms with van der Waals surface area (Å²) in [6, 6.07) is 0. The molecule has 13 heavy (non-hydrogen) atoms. The lowest BCUT2D eigenvalue weighted by molar-refractivity contribution is -0.140. The minimum absolute atomic E-state index is 0.173. The van der Waals surface area contributed by atoms with Gasteiger partial charge in [0, 0.05) is 6.42 Å². The highest BCUT2D eigenvalue weighted by Crippen LogP contribution is 2.24. The van der Waals surface area contributed by atoms with Crippen molar-refractivity contribution in [2.45, 2.75) is 51.8 Å². The van der Waals surface area contributed by atoms with Crippen LogP contribution in [0.2, 0.25) is 0 Å². The van der Waals surface area contributed by atoms with E-state index < -0.39 is 18.7 Å². The van der Waals surface area contributed by atoms with E-state index >= 15 is 0 Å². The van der Waals surface area contributed by atoms with Crippen LogP contribution in [-0.2, 0) is 0 Å². The van der Waals surface area contributed by atoms with Crippen LogP contribution < -0.4 is 0 Å². The van der Waals surface area contributed by atoms with Crippen molar-refractivity contribution in [3.05, 3.63) is 0 Å². The maximum atomic E-state index is 11.7. The van der Waals surface area contributed by atoms with Gasteiger partial charge in [0.25, 0.3) is 0 Å². The van der Waals surface area contributed by atoms with Crippen LogP contribution >= 0.6 is 0 Å². The van der Waals surface area contributed by atoms with E-state index in [0.717, 1.165) is 6.42 Å². The molecule has 0 rings (SSSR count). The minimum atomic E-state index is -4.14. The maximum absolute atomic E-state index is 11.7. The zero-order valence-corrected chi connectivity index (χ0v) is 8.06. The lowest BCUT2D eigenvalue weighted by Gasteiger charge is -2.15. The summed E-state index contributed by atoms with van der Waals surface area (Å²) in [6.45, 7) is 3.89. The van der Waals surface area contributed by atoms with Gasteiger partial charge < -0.3 is 5.11 Å². The smallest absolute Gasteiger partial charge is 0.389 e. The third-order valence-corrected chi connectivity index (χ3v) is 2.13. The normalized spacial score (nSPS) is 17.1. The number of rotatable bonds is 5. The van der Waals surface area contributed by atoms with Crippen molar-refractivity contribution in [2.24, 2.45) is 5.92 Å². The zero-order chi connectivity index (χ0) is 10.5. The zero-order valence-electron chi connectivity index (χ0n) is 8.06. The monoisotopic (exact) mass is 198 g/mol. The Balaban J connectivity index is 3.57. The molecule has 1 nitrogen and oxygen atoms in total. The molecule has 0 spiro atoms. The Labute approximate surface area is 76.9 Å². The van der Waals surface area contributed by atoms with Crippen LogP contribution in [-0.4, -0.2) is 17.4 Å². The SMILES string of the molecule is CCC(C)CC(O)CCC(F)(F)F. The number of alkyl halides is 3. The molecule has 0 aromatic carbocycles. The second-order valence-electron chi connectivity index (χ2n) is 3.56. The van der Waals surface area contributed by atoms with Gasteiger partial charge in [-0.05, 0) is 18.8 Å². The van der Waals surface area contributed by atoms with E-state index in [2.05, 4.69) is 0 Å². The molecule has 0 aromatic heterocycles. The minimum Gasteiger partial charge on any atom is -0.393 e. The van der Waals surface area contributed by atoms with Crippen LogP contribution in [0.1, 0.15) is 39.5 Å². The summed E-state index contributed by atoms with van der Waals surface area (Å²) in [6.07, 6.45) is -4.65. The first-order valence-corrected chi connectivity index (χ1v) is 4.60. The summed E-state index contributed by atoms with van der Waals surface area (Å²) in [4.78, 5) is 0. The van der Waals surface area contributed by atoms with Gasteiger partial charge in [-0.3, -0.25) is 0 Å². The quantitative estimate of drug-likeness (QED) is 0.719. The average Bonchev–Trinajstić information content (AvgIpc) is 1.99. The van der Waals surface area contributed by atoms with Gasteiger partial charge in [0.15, 0.2) is 0 Å². The van der Waals surface area contributed by atoms with E-state index in [0.29, 0.717) is 12.3 Å². The summed E-state index contributed by atoms with van der Waals surface area (Å²) in [5.41, 5.74) is 0.